The summed E-state index contributed by atoms with van der Waals surface area (Å²) in [6, 6.07) is 0.707. The zero-order valence-electron chi connectivity index (χ0n) is 15.7. The molecule has 1 N–H and O–H groups in total. The van der Waals surface area contributed by atoms with Crippen LogP contribution >= 0.6 is 0 Å². The van der Waals surface area contributed by atoms with Gasteiger partial charge in [-0.05, 0) is 53.1 Å². The van der Waals surface area contributed by atoms with Gasteiger partial charge >= 0.3 is 0 Å². The second-order valence-corrected chi connectivity index (χ2v) is 7.07. The predicted octanol–water partition coefficient (Wildman–Crippen LogP) is 1.67. The molecule has 0 saturated carbocycles. The molecule has 0 bridgehead atoms. The molecule has 24 heavy (non-hydrogen) atoms. The number of hydrogen-bond donors (Lipinski definition) is 1. The van der Waals surface area contributed by atoms with Crippen LogP contribution in [0.5, 0.6) is 0 Å². The Labute approximate surface area is 145 Å². The fourth-order valence-electron chi connectivity index (χ4n) is 3.97. The molecule has 1 unspecified atom stereocenters. The first kappa shape index (κ1) is 17.3. The molecule has 2 aliphatic heterocycles. The molecule has 2 aliphatic rings. The summed E-state index contributed by atoms with van der Waals surface area (Å²) >= 11 is 0. The Bertz CT molecular complexity index is 585. The number of aryl methyl sites for hydroxylation is 2. The zero-order valence-corrected chi connectivity index (χ0v) is 15.7. The smallest absolute Gasteiger partial charge is 0.194 e. The Morgan fingerprint density at radius 1 is 1.25 bits per heavy atom. The van der Waals surface area contributed by atoms with Crippen LogP contribution in [0.15, 0.2) is 4.99 Å². The van der Waals surface area contributed by atoms with Crippen molar-refractivity contribution in [2.45, 2.75) is 52.6 Å². The molecule has 0 spiro atoms. The van der Waals surface area contributed by atoms with E-state index < -0.39 is 0 Å². The van der Waals surface area contributed by atoms with Crippen LogP contribution < -0.4 is 5.32 Å². The molecule has 0 radical (unpaired) electrons. The standard InChI is InChI=1S/C18H32N6/c1-5-19-18(20-12-17-14(2)21-22(4)15(17)3)24-11-8-16(13-24)23-9-6-7-10-23/h16H,5-13H2,1-4H3,(H,19,20). The van der Waals surface area contributed by atoms with Gasteiger partial charge in [-0.1, -0.05) is 0 Å². The van der Waals surface area contributed by atoms with Gasteiger partial charge in [-0.2, -0.15) is 5.10 Å². The third-order valence-corrected chi connectivity index (χ3v) is 5.50. The highest BCUT2D eigenvalue weighted by Crippen LogP contribution is 2.21. The molecule has 1 aromatic heterocycles. The van der Waals surface area contributed by atoms with Gasteiger partial charge in [0.05, 0.1) is 12.2 Å². The Morgan fingerprint density at radius 2 is 2.00 bits per heavy atom. The number of likely N-dealkylation sites (tertiary alicyclic amines) is 2. The lowest BCUT2D eigenvalue weighted by atomic mass is 10.2. The zero-order chi connectivity index (χ0) is 17.1. The molecule has 6 nitrogen and oxygen atoms in total. The average molecular weight is 332 g/mol. The fraction of sp³-hybridized carbons (Fsp3) is 0.778. The van der Waals surface area contributed by atoms with E-state index in [1.54, 1.807) is 0 Å². The predicted molar refractivity (Wildman–Crippen MR) is 98.3 cm³/mol. The first-order valence-corrected chi connectivity index (χ1v) is 9.36. The van der Waals surface area contributed by atoms with E-state index in [2.05, 4.69) is 41.0 Å². The quantitative estimate of drug-likeness (QED) is 0.673. The Morgan fingerprint density at radius 3 is 2.62 bits per heavy atom. The number of rotatable bonds is 4. The summed E-state index contributed by atoms with van der Waals surface area (Å²) < 4.78 is 1.95. The molecule has 2 fully saturated rings. The number of hydrogen-bond acceptors (Lipinski definition) is 3. The van der Waals surface area contributed by atoms with Crippen LogP contribution in [0.4, 0.5) is 0 Å². The van der Waals surface area contributed by atoms with Gasteiger partial charge in [0.15, 0.2) is 5.96 Å². The largest absolute Gasteiger partial charge is 0.357 e. The van der Waals surface area contributed by atoms with Crippen molar-refractivity contribution in [1.29, 1.82) is 0 Å². The first-order valence-electron chi connectivity index (χ1n) is 9.36. The molecule has 2 saturated heterocycles. The van der Waals surface area contributed by atoms with Gasteiger partial charge in [0, 0.05) is 44.0 Å². The summed E-state index contributed by atoms with van der Waals surface area (Å²) in [4.78, 5) is 10.0. The highest BCUT2D eigenvalue weighted by molar-refractivity contribution is 5.80. The number of guanidine groups is 1. The first-order chi connectivity index (χ1) is 11.6. The molecule has 1 aromatic rings. The van der Waals surface area contributed by atoms with Crippen LogP contribution in [0, 0.1) is 13.8 Å². The monoisotopic (exact) mass is 332 g/mol. The molecule has 0 aromatic carbocycles. The van der Waals surface area contributed by atoms with Gasteiger partial charge < -0.3 is 10.2 Å². The number of aromatic nitrogens is 2. The highest BCUT2D eigenvalue weighted by Gasteiger charge is 2.30. The van der Waals surface area contributed by atoms with Crippen molar-refractivity contribution in [3.8, 4) is 0 Å². The van der Waals surface area contributed by atoms with E-state index in [9.17, 15) is 0 Å². The molecule has 6 heteroatoms. The summed E-state index contributed by atoms with van der Waals surface area (Å²) in [5.74, 6) is 1.06. The van der Waals surface area contributed by atoms with Crippen molar-refractivity contribution >= 4 is 5.96 Å². The fourth-order valence-corrected chi connectivity index (χ4v) is 3.97. The van der Waals surface area contributed by atoms with E-state index in [1.807, 2.05) is 11.7 Å². The summed E-state index contributed by atoms with van der Waals surface area (Å²) in [6.07, 6.45) is 3.99. The van der Waals surface area contributed by atoms with Crippen molar-refractivity contribution in [2.24, 2.45) is 12.0 Å². The topological polar surface area (TPSA) is 48.7 Å². The lowest BCUT2D eigenvalue weighted by Crippen LogP contribution is -2.42. The lowest BCUT2D eigenvalue weighted by Gasteiger charge is -2.25. The molecule has 3 rings (SSSR count). The third kappa shape index (κ3) is 3.58. The van der Waals surface area contributed by atoms with Crippen LogP contribution in [-0.4, -0.2) is 64.3 Å². The van der Waals surface area contributed by atoms with E-state index in [4.69, 9.17) is 4.99 Å². The van der Waals surface area contributed by atoms with Gasteiger partial charge in [-0.25, -0.2) is 4.99 Å². The maximum absolute atomic E-state index is 4.92. The maximum atomic E-state index is 4.92. The van der Waals surface area contributed by atoms with E-state index in [1.165, 1.54) is 43.6 Å². The summed E-state index contributed by atoms with van der Waals surface area (Å²) in [5, 5.41) is 7.98. The molecule has 0 aliphatic carbocycles. The molecule has 3 heterocycles. The van der Waals surface area contributed by atoms with Crippen LogP contribution in [0.2, 0.25) is 0 Å². The minimum atomic E-state index is 0.707. The van der Waals surface area contributed by atoms with Crippen molar-refractivity contribution < 1.29 is 0 Å². The van der Waals surface area contributed by atoms with E-state index in [0.29, 0.717) is 12.6 Å². The molecule has 134 valence electrons. The van der Waals surface area contributed by atoms with Gasteiger partial charge in [0.1, 0.15) is 0 Å². The second kappa shape index (κ2) is 7.55. The van der Waals surface area contributed by atoms with Crippen LogP contribution in [0.25, 0.3) is 0 Å². The van der Waals surface area contributed by atoms with Gasteiger partial charge in [0.2, 0.25) is 0 Å². The SMILES string of the molecule is CCNC(=NCc1c(C)nn(C)c1C)N1CCC(N2CCCC2)C1. The summed E-state index contributed by atoms with van der Waals surface area (Å²) in [5.41, 5.74) is 3.55. The maximum Gasteiger partial charge on any atom is 0.194 e. The summed E-state index contributed by atoms with van der Waals surface area (Å²) in [6.45, 7) is 12.7. The number of nitrogens with zero attached hydrogens (tertiary/aromatic N) is 5. The lowest BCUT2D eigenvalue weighted by molar-refractivity contribution is 0.249. The van der Waals surface area contributed by atoms with E-state index in [-0.39, 0.29) is 0 Å². The Kier molecular flexibility index (Phi) is 5.43. The molecular weight excluding hydrogens is 300 g/mol. The van der Waals surface area contributed by atoms with E-state index in [0.717, 1.165) is 31.3 Å². The Balaban J connectivity index is 1.67. The van der Waals surface area contributed by atoms with Crippen molar-refractivity contribution in [3.05, 3.63) is 17.0 Å². The van der Waals surface area contributed by atoms with Crippen LogP contribution in [0.3, 0.4) is 0 Å². The Hall–Kier alpha value is -1.56. The van der Waals surface area contributed by atoms with Crippen LogP contribution in [0.1, 0.15) is 43.1 Å². The molecule has 0 amide bonds. The van der Waals surface area contributed by atoms with E-state index >= 15 is 0 Å². The molecule has 1 atom stereocenters. The average Bonchev–Trinajstić information content (AvgIpc) is 3.27. The second-order valence-electron chi connectivity index (χ2n) is 7.07. The van der Waals surface area contributed by atoms with Crippen LogP contribution in [-0.2, 0) is 13.6 Å². The van der Waals surface area contributed by atoms with Crippen molar-refractivity contribution in [1.82, 2.24) is 24.9 Å². The van der Waals surface area contributed by atoms with Gasteiger partial charge in [-0.15, -0.1) is 0 Å². The normalized spacial score (nSPS) is 22.6. The van der Waals surface area contributed by atoms with Crippen molar-refractivity contribution in [3.63, 3.8) is 0 Å². The minimum Gasteiger partial charge on any atom is -0.357 e. The van der Waals surface area contributed by atoms with Gasteiger partial charge in [0.25, 0.3) is 0 Å². The summed E-state index contributed by atoms with van der Waals surface area (Å²) in [7, 11) is 2.00. The number of nitrogens with one attached hydrogen (secondary N) is 1. The third-order valence-electron chi connectivity index (χ3n) is 5.50. The van der Waals surface area contributed by atoms with Crippen molar-refractivity contribution in [2.75, 3.05) is 32.7 Å². The molecular formula is C18H32N6. The number of aliphatic imine (C=N–C) groups is 1. The highest BCUT2D eigenvalue weighted by atomic mass is 15.3. The van der Waals surface area contributed by atoms with Gasteiger partial charge in [-0.3, -0.25) is 9.58 Å². The minimum absolute atomic E-state index is 0.707.